The van der Waals surface area contributed by atoms with Gasteiger partial charge in [0.05, 0.1) is 4.92 Å². The number of benzene rings is 1. The number of hydrogen-bond donors (Lipinski definition) is 2. The number of nitro groups is 1. The molecule has 0 unspecified atom stereocenters. The summed E-state index contributed by atoms with van der Waals surface area (Å²) in [4.78, 5) is 37.8. The summed E-state index contributed by atoms with van der Waals surface area (Å²) in [6, 6.07) is 8.68. The summed E-state index contributed by atoms with van der Waals surface area (Å²) in [6.07, 6.45) is 2.31. The third-order valence-electron chi connectivity index (χ3n) is 3.53. The first-order chi connectivity index (χ1) is 13.5. The van der Waals surface area contributed by atoms with Crippen molar-refractivity contribution < 1.29 is 19.0 Å². The van der Waals surface area contributed by atoms with E-state index in [1.165, 1.54) is 10.9 Å². The number of nitrogens with zero attached hydrogens (tertiary/aromatic N) is 5. The zero-order valence-corrected chi connectivity index (χ0v) is 14.4. The van der Waals surface area contributed by atoms with Crippen molar-refractivity contribution in [2.24, 2.45) is 0 Å². The minimum absolute atomic E-state index is 0.0117. The Bertz CT molecular complexity index is 982. The Morgan fingerprint density at radius 1 is 1.14 bits per heavy atom. The molecule has 0 fully saturated rings. The summed E-state index contributed by atoms with van der Waals surface area (Å²) in [7, 11) is 0. The third kappa shape index (κ3) is 4.75. The lowest BCUT2D eigenvalue weighted by molar-refractivity contribution is -0.385. The second-order valence-electron chi connectivity index (χ2n) is 5.55. The fraction of sp³-hybridized carbons (Fsp3) is 0.188. The Morgan fingerprint density at radius 3 is 2.54 bits per heavy atom. The number of hydrogen-bond acceptors (Lipinski definition) is 8. The molecule has 2 heterocycles. The lowest BCUT2D eigenvalue weighted by atomic mass is 10.2. The molecule has 0 spiro atoms. The molecule has 0 radical (unpaired) electrons. The fourth-order valence-corrected chi connectivity index (χ4v) is 2.21. The SMILES string of the molecule is O=C(NCCNC(=O)c1nc(Cn2cc([N+](=O)[O-])cn2)no1)c1ccccc1. The Hall–Kier alpha value is -4.09. The largest absolute Gasteiger partial charge is 0.350 e. The summed E-state index contributed by atoms with van der Waals surface area (Å²) < 4.78 is 6.12. The minimum atomic E-state index is -0.598. The van der Waals surface area contributed by atoms with Crippen LogP contribution in [0.2, 0.25) is 0 Å². The van der Waals surface area contributed by atoms with Crippen LogP contribution >= 0.6 is 0 Å². The molecule has 28 heavy (non-hydrogen) atoms. The van der Waals surface area contributed by atoms with E-state index >= 15 is 0 Å². The van der Waals surface area contributed by atoms with Crippen LogP contribution in [-0.2, 0) is 6.54 Å². The van der Waals surface area contributed by atoms with Gasteiger partial charge in [0.25, 0.3) is 5.91 Å². The number of amides is 2. The second kappa shape index (κ2) is 8.53. The Balaban J connectivity index is 1.45. The van der Waals surface area contributed by atoms with Gasteiger partial charge in [-0.3, -0.25) is 24.4 Å². The van der Waals surface area contributed by atoms with E-state index < -0.39 is 10.8 Å². The van der Waals surface area contributed by atoms with Crippen LogP contribution in [0, 0.1) is 10.1 Å². The molecule has 12 heteroatoms. The smallest absolute Gasteiger partial charge is 0.316 e. The predicted molar refractivity (Wildman–Crippen MR) is 93.4 cm³/mol. The number of nitrogens with one attached hydrogen (secondary N) is 2. The Morgan fingerprint density at radius 2 is 1.86 bits per heavy atom. The van der Waals surface area contributed by atoms with Crippen molar-refractivity contribution in [3.05, 3.63) is 70.1 Å². The molecule has 2 N–H and O–H groups in total. The van der Waals surface area contributed by atoms with Crippen LogP contribution in [0.1, 0.15) is 26.9 Å². The average Bonchev–Trinajstić information content (AvgIpc) is 3.36. The lowest BCUT2D eigenvalue weighted by Gasteiger charge is -2.05. The van der Waals surface area contributed by atoms with Gasteiger partial charge < -0.3 is 15.2 Å². The summed E-state index contributed by atoms with van der Waals surface area (Å²) in [6.45, 7) is 0.398. The van der Waals surface area contributed by atoms with E-state index in [1.807, 2.05) is 6.07 Å². The molecule has 2 aromatic heterocycles. The molecule has 0 atom stereocenters. The molecule has 144 valence electrons. The highest BCUT2D eigenvalue weighted by Crippen LogP contribution is 2.09. The predicted octanol–water partition coefficient (Wildman–Crippen LogP) is 0.382. The Kier molecular flexibility index (Phi) is 5.69. The average molecular weight is 385 g/mol. The first-order valence-electron chi connectivity index (χ1n) is 8.14. The van der Waals surface area contributed by atoms with E-state index in [0.717, 1.165) is 6.20 Å². The van der Waals surface area contributed by atoms with E-state index in [2.05, 4.69) is 25.9 Å². The molecule has 0 saturated heterocycles. The highest BCUT2D eigenvalue weighted by molar-refractivity contribution is 5.94. The summed E-state index contributed by atoms with van der Waals surface area (Å²) in [5, 5.41) is 23.3. The van der Waals surface area contributed by atoms with Crippen LogP contribution in [0.4, 0.5) is 5.69 Å². The van der Waals surface area contributed by atoms with Crippen LogP contribution in [0.5, 0.6) is 0 Å². The molecule has 0 aliphatic carbocycles. The molecule has 3 rings (SSSR count). The van der Waals surface area contributed by atoms with E-state index in [0.29, 0.717) is 5.56 Å². The van der Waals surface area contributed by atoms with Crippen molar-refractivity contribution in [1.29, 1.82) is 0 Å². The van der Waals surface area contributed by atoms with Gasteiger partial charge >= 0.3 is 17.5 Å². The summed E-state index contributed by atoms with van der Waals surface area (Å²) >= 11 is 0. The normalized spacial score (nSPS) is 10.4. The Labute approximate surface area is 157 Å². The van der Waals surface area contributed by atoms with Crippen molar-refractivity contribution in [2.75, 3.05) is 13.1 Å². The monoisotopic (exact) mass is 385 g/mol. The van der Waals surface area contributed by atoms with Crippen molar-refractivity contribution in [3.63, 3.8) is 0 Å². The van der Waals surface area contributed by atoms with E-state index in [9.17, 15) is 19.7 Å². The number of aromatic nitrogens is 4. The van der Waals surface area contributed by atoms with Crippen molar-refractivity contribution in [3.8, 4) is 0 Å². The van der Waals surface area contributed by atoms with Gasteiger partial charge in [0.15, 0.2) is 5.82 Å². The summed E-state index contributed by atoms with van der Waals surface area (Å²) in [5.74, 6) is -0.964. The fourth-order valence-electron chi connectivity index (χ4n) is 2.21. The summed E-state index contributed by atoms with van der Waals surface area (Å²) in [5.41, 5.74) is 0.355. The lowest BCUT2D eigenvalue weighted by Crippen LogP contribution is -2.34. The molecule has 0 bridgehead atoms. The van der Waals surface area contributed by atoms with Gasteiger partial charge in [-0.25, -0.2) is 0 Å². The number of carbonyl (C=O) groups excluding carboxylic acids is 2. The second-order valence-corrected chi connectivity index (χ2v) is 5.55. The maximum atomic E-state index is 12.0. The van der Waals surface area contributed by atoms with Gasteiger partial charge in [0.1, 0.15) is 18.9 Å². The van der Waals surface area contributed by atoms with Crippen LogP contribution in [-0.4, -0.2) is 49.7 Å². The first kappa shape index (κ1) is 18.7. The van der Waals surface area contributed by atoms with Crippen LogP contribution in [0.25, 0.3) is 0 Å². The van der Waals surface area contributed by atoms with Gasteiger partial charge in [0, 0.05) is 18.7 Å². The topological polar surface area (TPSA) is 158 Å². The van der Waals surface area contributed by atoms with Gasteiger partial charge in [-0.05, 0) is 12.1 Å². The van der Waals surface area contributed by atoms with Crippen molar-refractivity contribution in [1.82, 2.24) is 30.6 Å². The van der Waals surface area contributed by atoms with Crippen LogP contribution < -0.4 is 10.6 Å². The highest BCUT2D eigenvalue weighted by atomic mass is 16.6. The van der Waals surface area contributed by atoms with Gasteiger partial charge in [-0.2, -0.15) is 10.1 Å². The molecule has 3 aromatic rings. The molecule has 1 aromatic carbocycles. The van der Waals surface area contributed by atoms with Gasteiger partial charge in [-0.15, -0.1) is 0 Å². The quantitative estimate of drug-likeness (QED) is 0.320. The maximum Gasteiger partial charge on any atom is 0.316 e. The van der Waals surface area contributed by atoms with Crippen LogP contribution in [0.15, 0.2) is 47.2 Å². The maximum absolute atomic E-state index is 12.0. The molecule has 12 nitrogen and oxygen atoms in total. The molecule has 0 saturated carbocycles. The zero-order valence-electron chi connectivity index (χ0n) is 14.4. The van der Waals surface area contributed by atoms with Crippen molar-refractivity contribution >= 4 is 17.5 Å². The number of rotatable bonds is 8. The van der Waals surface area contributed by atoms with E-state index in [4.69, 9.17) is 4.52 Å². The zero-order chi connectivity index (χ0) is 19.9. The van der Waals surface area contributed by atoms with Gasteiger partial charge in [-0.1, -0.05) is 23.4 Å². The van der Waals surface area contributed by atoms with E-state index in [-0.39, 0.29) is 42.9 Å². The van der Waals surface area contributed by atoms with Crippen LogP contribution in [0.3, 0.4) is 0 Å². The third-order valence-corrected chi connectivity index (χ3v) is 3.53. The minimum Gasteiger partial charge on any atom is -0.350 e. The molecule has 0 aliphatic heterocycles. The number of carbonyl (C=O) groups is 2. The first-order valence-corrected chi connectivity index (χ1v) is 8.14. The molecular formula is C16H15N7O5. The standard InChI is InChI=1S/C16H15N7O5/c24-14(11-4-2-1-3-5-11)17-6-7-18-15(25)16-20-13(21-28-16)10-22-9-12(8-19-22)23(26)27/h1-5,8-9H,6-7,10H2,(H,17,24)(H,18,25). The molecule has 0 aliphatic rings. The highest BCUT2D eigenvalue weighted by Gasteiger charge is 2.16. The van der Waals surface area contributed by atoms with Gasteiger partial charge in [0.2, 0.25) is 0 Å². The molecular weight excluding hydrogens is 370 g/mol. The van der Waals surface area contributed by atoms with Crippen molar-refractivity contribution in [2.45, 2.75) is 6.54 Å². The molecule has 2 amide bonds. The van der Waals surface area contributed by atoms with E-state index in [1.54, 1.807) is 24.3 Å².